The zero-order valence-corrected chi connectivity index (χ0v) is 16.7. The Hall–Kier alpha value is -2.90. The van der Waals surface area contributed by atoms with Gasteiger partial charge in [0.25, 0.3) is 0 Å². The predicted octanol–water partition coefficient (Wildman–Crippen LogP) is 1.78. The molecular formula is C22H26N2O5. The van der Waals surface area contributed by atoms with Crippen LogP contribution in [0.5, 0.6) is 17.2 Å². The van der Waals surface area contributed by atoms with Crippen LogP contribution in [0.3, 0.4) is 0 Å². The van der Waals surface area contributed by atoms with Gasteiger partial charge in [0, 0.05) is 18.3 Å². The number of carbonyl (C=O) groups is 1. The quantitative estimate of drug-likeness (QED) is 0.593. The first-order chi connectivity index (χ1) is 14.1. The number of aliphatic hydroxyl groups excluding tert-OH is 1. The summed E-state index contributed by atoms with van der Waals surface area (Å²) in [5.41, 5.74) is 2.82. The first-order valence-electron chi connectivity index (χ1n) is 9.52. The zero-order valence-electron chi connectivity index (χ0n) is 16.7. The van der Waals surface area contributed by atoms with Crippen molar-refractivity contribution in [3.63, 3.8) is 0 Å². The van der Waals surface area contributed by atoms with Crippen LogP contribution < -0.4 is 19.5 Å². The molecule has 1 heterocycles. The van der Waals surface area contributed by atoms with Crippen molar-refractivity contribution >= 4 is 12.1 Å². The van der Waals surface area contributed by atoms with Crippen LogP contribution in [-0.4, -0.2) is 57.2 Å². The average Bonchev–Trinajstić information content (AvgIpc) is 2.74. The van der Waals surface area contributed by atoms with Gasteiger partial charge in [-0.1, -0.05) is 18.2 Å². The summed E-state index contributed by atoms with van der Waals surface area (Å²) in [5.74, 6) is 1.88. The fraction of sp³-hybridized carbons (Fsp3) is 0.364. The van der Waals surface area contributed by atoms with Gasteiger partial charge in [-0.3, -0.25) is 4.79 Å². The Bertz CT molecular complexity index is 882. The molecule has 3 rings (SSSR count). The number of nitrogens with one attached hydrogen (secondary N) is 1. The molecular weight excluding hydrogens is 372 g/mol. The van der Waals surface area contributed by atoms with E-state index in [2.05, 4.69) is 10.3 Å². The highest BCUT2D eigenvalue weighted by atomic mass is 16.5. The molecule has 2 aromatic carbocycles. The number of aliphatic imine (C=N–C) groups is 1. The van der Waals surface area contributed by atoms with E-state index in [1.54, 1.807) is 14.2 Å². The van der Waals surface area contributed by atoms with E-state index in [4.69, 9.17) is 14.2 Å². The fourth-order valence-electron chi connectivity index (χ4n) is 3.14. The van der Waals surface area contributed by atoms with E-state index < -0.39 is 6.10 Å². The lowest BCUT2D eigenvalue weighted by Crippen LogP contribution is -2.32. The van der Waals surface area contributed by atoms with Crippen LogP contribution in [0.4, 0.5) is 0 Å². The molecule has 29 heavy (non-hydrogen) atoms. The van der Waals surface area contributed by atoms with Crippen molar-refractivity contribution in [2.75, 3.05) is 33.9 Å². The van der Waals surface area contributed by atoms with Crippen LogP contribution in [-0.2, 0) is 17.6 Å². The number of aliphatic hydroxyl groups is 1. The number of ether oxygens (including phenoxy) is 3. The molecule has 0 aromatic heterocycles. The number of rotatable bonds is 10. The van der Waals surface area contributed by atoms with E-state index in [1.807, 2.05) is 36.4 Å². The highest BCUT2D eigenvalue weighted by Crippen LogP contribution is 2.27. The normalized spacial score (nSPS) is 13.7. The van der Waals surface area contributed by atoms with Crippen LogP contribution in [0.1, 0.15) is 16.7 Å². The van der Waals surface area contributed by atoms with Gasteiger partial charge in [-0.05, 0) is 42.3 Å². The van der Waals surface area contributed by atoms with E-state index in [9.17, 15) is 9.90 Å². The second kappa shape index (κ2) is 10.0. The largest absolute Gasteiger partial charge is 0.493 e. The first kappa shape index (κ1) is 20.8. The van der Waals surface area contributed by atoms with Gasteiger partial charge in [0.15, 0.2) is 11.5 Å². The number of fused-ring (bicyclic) bond motifs is 1. The van der Waals surface area contributed by atoms with Crippen LogP contribution in [0.25, 0.3) is 0 Å². The lowest BCUT2D eigenvalue weighted by atomic mass is 10.0. The molecule has 1 aliphatic heterocycles. The molecule has 1 atom stereocenters. The molecule has 7 heteroatoms. The Morgan fingerprint density at radius 3 is 2.76 bits per heavy atom. The maximum Gasteiger partial charge on any atom is 0.250 e. The third kappa shape index (κ3) is 5.56. The number of amides is 1. The molecule has 0 saturated heterocycles. The summed E-state index contributed by atoms with van der Waals surface area (Å²) in [5, 5.41) is 13.4. The Morgan fingerprint density at radius 1 is 1.14 bits per heavy atom. The molecule has 154 valence electrons. The van der Waals surface area contributed by atoms with Crippen molar-refractivity contribution in [1.29, 1.82) is 0 Å². The maximum absolute atomic E-state index is 11.4. The molecule has 7 nitrogen and oxygen atoms in total. The van der Waals surface area contributed by atoms with E-state index in [1.165, 1.54) is 6.21 Å². The molecule has 0 bridgehead atoms. The van der Waals surface area contributed by atoms with Crippen LogP contribution in [0, 0.1) is 0 Å². The van der Waals surface area contributed by atoms with Gasteiger partial charge >= 0.3 is 0 Å². The van der Waals surface area contributed by atoms with Crippen LogP contribution in [0.2, 0.25) is 0 Å². The monoisotopic (exact) mass is 398 g/mol. The molecule has 1 amide bonds. The van der Waals surface area contributed by atoms with Gasteiger partial charge in [0.05, 0.1) is 20.6 Å². The van der Waals surface area contributed by atoms with Gasteiger partial charge < -0.3 is 24.6 Å². The SMILES string of the molecule is COc1ccc(CCNCC(O)COc2cccc3c2C=NC(=O)C3)cc1OC. The Morgan fingerprint density at radius 2 is 1.97 bits per heavy atom. The lowest BCUT2D eigenvalue weighted by molar-refractivity contribution is -0.117. The minimum absolute atomic E-state index is 0.154. The van der Waals surface area contributed by atoms with Crippen molar-refractivity contribution in [3.8, 4) is 17.2 Å². The number of hydrogen-bond donors (Lipinski definition) is 2. The number of benzene rings is 2. The van der Waals surface area contributed by atoms with Gasteiger partial charge in [0.1, 0.15) is 18.5 Å². The summed E-state index contributed by atoms with van der Waals surface area (Å²) in [4.78, 5) is 15.3. The molecule has 0 aliphatic carbocycles. The van der Waals surface area contributed by atoms with Gasteiger partial charge in [-0.25, -0.2) is 4.99 Å². The number of nitrogens with zero attached hydrogens (tertiary/aromatic N) is 1. The molecule has 0 spiro atoms. The fourth-order valence-corrected chi connectivity index (χ4v) is 3.14. The topological polar surface area (TPSA) is 89.4 Å². The number of methoxy groups -OCH3 is 2. The summed E-state index contributed by atoms with van der Waals surface area (Å²) in [6, 6.07) is 11.4. The van der Waals surface area contributed by atoms with Gasteiger partial charge in [-0.2, -0.15) is 0 Å². The van der Waals surface area contributed by atoms with Crippen LogP contribution >= 0.6 is 0 Å². The highest BCUT2D eigenvalue weighted by molar-refractivity contribution is 6.00. The van der Waals surface area contributed by atoms with Crippen molar-refractivity contribution in [2.24, 2.45) is 4.99 Å². The van der Waals surface area contributed by atoms with Gasteiger partial charge in [-0.15, -0.1) is 0 Å². The van der Waals surface area contributed by atoms with Crippen molar-refractivity contribution in [3.05, 3.63) is 53.1 Å². The second-order valence-corrected chi connectivity index (χ2v) is 6.77. The number of carbonyl (C=O) groups excluding carboxylic acids is 1. The van der Waals surface area contributed by atoms with Crippen molar-refractivity contribution in [2.45, 2.75) is 18.9 Å². The minimum Gasteiger partial charge on any atom is -0.493 e. The molecule has 1 unspecified atom stereocenters. The summed E-state index contributed by atoms with van der Waals surface area (Å²) in [6.07, 6.45) is 1.96. The van der Waals surface area contributed by atoms with E-state index >= 15 is 0 Å². The third-order valence-electron chi connectivity index (χ3n) is 4.69. The second-order valence-electron chi connectivity index (χ2n) is 6.77. The van der Waals surface area contributed by atoms with Crippen molar-refractivity contribution in [1.82, 2.24) is 5.32 Å². The van der Waals surface area contributed by atoms with Gasteiger partial charge in [0.2, 0.25) is 5.91 Å². The van der Waals surface area contributed by atoms with Crippen LogP contribution in [0.15, 0.2) is 41.4 Å². The molecule has 0 saturated carbocycles. The minimum atomic E-state index is -0.654. The van der Waals surface area contributed by atoms with Crippen molar-refractivity contribution < 1.29 is 24.1 Å². The van der Waals surface area contributed by atoms with E-state index in [-0.39, 0.29) is 18.9 Å². The molecule has 0 radical (unpaired) electrons. The molecule has 0 fully saturated rings. The molecule has 2 aromatic rings. The Labute approximate surface area is 170 Å². The standard InChI is InChI=1S/C22H26N2O5/c1-27-20-7-6-15(10-21(20)28-2)8-9-23-12-17(25)14-29-19-5-3-4-16-11-22(26)24-13-18(16)19/h3-7,10,13,17,23,25H,8-9,11-12,14H2,1-2H3. The lowest BCUT2D eigenvalue weighted by Gasteiger charge is -2.17. The summed E-state index contributed by atoms with van der Waals surface area (Å²) in [7, 11) is 3.23. The summed E-state index contributed by atoms with van der Waals surface area (Å²) >= 11 is 0. The molecule has 1 aliphatic rings. The third-order valence-corrected chi connectivity index (χ3v) is 4.69. The predicted molar refractivity (Wildman–Crippen MR) is 110 cm³/mol. The molecule has 2 N–H and O–H groups in total. The summed E-state index contributed by atoms with van der Waals surface area (Å²) < 4.78 is 16.3. The zero-order chi connectivity index (χ0) is 20.6. The van der Waals surface area contributed by atoms with E-state index in [0.717, 1.165) is 23.1 Å². The Kier molecular flexibility index (Phi) is 7.21. The average molecular weight is 398 g/mol. The summed E-state index contributed by atoms with van der Waals surface area (Å²) in [6.45, 7) is 1.28. The van der Waals surface area contributed by atoms with E-state index in [0.29, 0.717) is 30.3 Å². The highest BCUT2D eigenvalue weighted by Gasteiger charge is 2.16. The smallest absolute Gasteiger partial charge is 0.250 e. The Balaban J connectivity index is 1.43. The number of hydrogen-bond acceptors (Lipinski definition) is 6. The first-order valence-corrected chi connectivity index (χ1v) is 9.52. The maximum atomic E-state index is 11.4.